The highest BCUT2D eigenvalue weighted by atomic mass is 35.5. The van der Waals surface area contributed by atoms with Gasteiger partial charge in [-0.3, -0.25) is 9.59 Å². The van der Waals surface area contributed by atoms with E-state index in [2.05, 4.69) is 0 Å². The number of carboxylic acids is 1. The zero-order chi connectivity index (χ0) is 18.1. The van der Waals surface area contributed by atoms with E-state index in [1.165, 1.54) is 4.90 Å². The SMILES string of the molecule is O=C(O)[C@@H]1[C@@H]2C=C[C@@]3(CN(c4ccc(C(F)(F)F)cc4Cl)C(=O)[C@H]13)O2. The summed E-state index contributed by atoms with van der Waals surface area (Å²) in [6.45, 7) is 0.0123. The van der Waals surface area contributed by atoms with Crippen molar-refractivity contribution in [1.29, 1.82) is 0 Å². The lowest BCUT2D eigenvalue weighted by atomic mass is 9.77. The number of amides is 1. The molecule has 132 valence electrons. The van der Waals surface area contributed by atoms with Crippen molar-refractivity contribution >= 4 is 29.2 Å². The van der Waals surface area contributed by atoms with E-state index < -0.39 is 47.2 Å². The van der Waals surface area contributed by atoms with Crippen LogP contribution in [0.15, 0.2) is 30.4 Å². The quantitative estimate of drug-likeness (QED) is 0.809. The number of alkyl halides is 3. The van der Waals surface area contributed by atoms with Crippen LogP contribution in [-0.4, -0.2) is 35.2 Å². The van der Waals surface area contributed by atoms with Gasteiger partial charge in [-0.15, -0.1) is 0 Å². The van der Waals surface area contributed by atoms with Gasteiger partial charge < -0.3 is 14.7 Å². The van der Waals surface area contributed by atoms with Gasteiger partial charge in [0.05, 0.1) is 34.8 Å². The van der Waals surface area contributed by atoms with Crippen LogP contribution in [-0.2, 0) is 20.5 Å². The number of fused-ring (bicyclic) bond motifs is 1. The molecule has 5 nitrogen and oxygen atoms in total. The molecule has 0 radical (unpaired) electrons. The topological polar surface area (TPSA) is 66.8 Å². The number of halogens is 4. The first-order valence-electron chi connectivity index (χ1n) is 7.42. The van der Waals surface area contributed by atoms with Gasteiger partial charge in [0.15, 0.2) is 0 Å². The molecule has 3 aliphatic heterocycles. The lowest BCUT2D eigenvalue weighted by Gasteiger charge is -2.22. The molecule has 1 N–H and O–H groups in total. The van der Waals surface area contributed by atoms with Crippen LogP contribution in [0, 0.1) is 11.8 Å². The van der Waals surface area contributed by atoms with Crippen LogP contribution in [0.5, 0.6) is 0 Å². The van der Waals surface area contributed by atoms with Crippen molar-refractivity contribution in [2.75, 3.05) is 11.4 Å². The number of rotatable bonds is 2. The van der Waals surface area contributed by atoms with Gasteiger partial charge in [-0.2, -0.15) is 13.2 Å². The predicted octanol–water partition coefficient (Wildman–Crippen LogP) is 2.73. The Kier molecular flexibility index (Phi) is 3.27. The van der Waals surface area contributed by atoms with Crippen LogP contribution in [0.4, 0.5) is 18.9 Å². The first-order chi connectivity index (χ1) is 11.6. The summed E-state index contributed by atoms with van der Waals surface area (Å²) in [5.74, 6) is -3.59. The highest BCUT2D eigenvalue weighted by Gasteiger charge is 2.67. The molecule has 3 aliphatic rings. The van der Waals surface area contributed by atoms with E-state index >= 15 is 0 Å². The van der Waals surface area contributed by atoms with E-state index in [0.29, 0.717) is 0 Å². The number of carbonyl (C=O) groups excluding carboxylic acids is 1. The highest BCUT2D eigenvalue weighted by Crippen LogP contribution is 2.53. The van der Waals surface area contributed by atoms with Gasteiger partial charge in [0, 0.05) is 0 Å². The number of benzene rings is 1. The molecule has 1 spiro atoms. The number of carbonyl (C=O) groups is 2. The molecule has 2 saturated heterocycles. The van der Waals surface area contributed by atoms with Crippen LogP contribution in [0.25, 0.3) is 0 Å². The van der Waals surface area contributed by atoms with Gasteiger partial charge in [-0.25, -0.2) is 0 Å². The van der Waals surface area contributed by atoms with Crippen LogP contribution in [0.2, 0.25) is 5.02 Å². The molecule has 4 atom stereocenters. The Morgan fingerprint density at radius 2 is 2.12 bits per heavy atom. The van der Waals surface area contributed by atoms with Gasteiger partial charge in [-0.05, 0) is 18.2 Å². The fraction of sp³-hybridized carbons (Fsp3) is 0.375. The molecule has 1 aromatic rings. The maximum Gasteiger partial charge on any atom is 0.416 e. The Bertz CT molecular complexity index is 824. The Balaban J connectivity index is 1.72. The molecule has 0 unspecified atom stereocenters. The Labute approximate surface area is 144 Å². The fourth-order valence-electron chi connectivity index (χ4n) is 3.89. The van der Waals surface area contributed by atoms with Crippen molar-refractivity contribution in [3.8, 4) is 0 Å². The minimum atomic E-state index is -4.55. The van der Waals surface area contributed by atoms with Crippen molar-refractivity contribution in [2.24, 2.45) is 11.8 Å². The van der Waals surface area contributed by atoms with E-state index in [0.717, 1.165) is 18.2 Å². The minimum Gasteiger partial charge on any atom is -0.481 e. The van der Waals surface area contributed by atoms with Gasteiger partial charge >= 0.3 is 12.1 Å². The Hall–Kier alpha value is -2.06. The number of hydrogen-bond acceptors (Lipinski definition) is 3. The van der Waals surface area contributed by atoms with E-state index in [1.54, 1.807) is 12.2 Å². The molecule has 2 fully saturated rings. The smallest absolute Gasteiger partial charge is 0.416 e. The number of aliphatic carboxylic acids is 1. The van der Waals surface area contributed by atoms with Crippen LogP contribution in [0.1, 0.15) is 5.56 Å². The van der Waals surface area contributed by atoms with Crippen molar-refractivity contribution in [3.05, 3.63) is 40.9 Å². The second kappa shape index (κ2) is 4.98. The molecular formula is C16H11ClF3NO4. The molecule has 2 bridgehead atoms. The second-order valence-corrected chi connectivity index (χ2v) is 6.73. The lowest BCUT2D eigenvalue weighted by molar-refractivity contribution is -0.146. The molecule has 9 heteroatoms. The van der Waals surface area contributed by atoms with Gasteiger partial charge in [0.2, 0.25) is 5.91 Å². The summed E-state index contributed by atoms with van der Waals surface area (Å²) < 4.78 is 44.0. The first kappa shape index (κ1) is 16.4. The van der Waals surface area contributed by atoms with Crippen molar-refractivity contribution < 1.29 is 32.6 Å². The summed E-state index contributed by atoms with van der Waals surface area (Å²) >= 11 is 5.97. The van der Waals surface area contributed by atoms with Gasteiger partial charge in [-0.1, -0.05) is 23.8 Å². The molecule has 0 saturated carbocycles. The van der Waals surface area contributed by atoms with E-state index in [1.807, 2.05) is 0 Å². The molecule has 1 aromatic carbocycles. The first-order valence-corrected chi connectivity index (χ1v) is 7.80. The summed E-state index contributed by atoms with van der Waals surface area (Å²) in [5.41, 5.74) is -1.89. The summed E-state index contributed by atoms with van der Waals surface area (Å²) in [4.78, 5) is 25.5. The van der Waals surface area contributed by atoms with Crippen molar-refractivity contribution in [2.45, 2.75) is 17.9 Å². The number of hydrogen-bond donors (Lipinski definition) is 1. The minimum absolute atomic E-state index is 0.0123. The summed E-state index contributed by atoms with van der Waals surface area (Å²) in [6.07, 6.45) is -1.94. The van der Waals surface area contributed by atoms with Crippen molar-refractivity contribution in [3.63, 3.8) is 0 Å². The van der Waals surface area contributed by atoms with Gasteiger partial charge in [0.25, 0.3) is 0 Å². The standard InChI is InChI=1S/C16H11ClF3NO4/c17-8-5-7(16(18,19)20)1-2-9(8)21-6-15-4-3-10(25-15)11(14(23)24)12(15)13(21)22/h1-5,10-12H,6H2,(H,23,24)/t10-,11+,12-,15-/m0/s1. The molecule has 25 heavy (non-hydrogen) atoms. The number of carboxylic acid groups (broad SMARTS) is 1. The molecular weight excluding hydrogens is 363 g/mol. The maximum absolute atomic E-state index is 12.8. The van der Waals surface area contributed by atoms with Crippen LogP contribution >= 0.6 is 11.6 Å². The van der Waals surface area contributed by atoms with Crippen LogP contribution < -0.4 is 4.90 Å². The third kappa shape index (κ3) is 2.20. The highest BCUT2D eigenvalue weighted by molar-refractivity contribution is 6.34. The van der Waals surface area contributed by atoms with E-state index in [9.17, 15) is 27.9 Å². The summed E-state index contributed by atoms with van der Waals surface area (Å²) in [7, 11) is 0. The van der Waals surface area contributed by atoms with Crippen LogP contribution in [0.3, 0.4) is 0 Å². The number of nitrogens with zero attached hydrogens (tertiary/aromatic N) is 1. The summed E-state index contributed by atoms with van der Waals surface area (Å²) in [5, 5.41) is 9.17. The third-order valence-electron chi connectivity index (χ3n) is 4.95. The summed E-state index contributed by atoms with van der Waals surface area (Å²) in [6, 6.07) is 2.70. The average molecular weight is 374 g/mol. The van der Waals surface area contributed by atoms with Gasteiger partial charge in [0.1, 0.15) is 11.5 Å². The molecule has 1 amide bonds. The largest absolute Gasteiger partial charge is 0.481 e. The Morgan fingerprint density at radius 3 is 2.72 bits per heavy atom. The fourth-order valence-corrected chi connectivity index (χ4v) is 4.17. The lowest BCUT2D eigenvalue weighted by Crippen LogP contribution is -2.39. The average Bonchev–Trinajstić information content (AvgIpc) is 3.14. The molecule has 3 heterocycles. The molecule has 4 rings (SSSR count). The van der Waals surface area contributed by atoms with E-state index in [4.69, 9.17) is 16.3 Å². The zero-order valence-electron chi connectivity index (χ0n) is 12.5. The number of anilines is 1. The molecule has 0 aliphatic carbocycles. The third-order valence-corrected chi connectivity index (χ3v) is 5.25. The monoisotopic (exact) mass is 373 g/mol. The maximum atomic E-state index is 12.8. The zero-order valence-corrected chi connectivity index (χ0v) is 13.2. The number of ether oxygens (including phenoxy) is 1. The van der Waals surface area contributed by atoms with Crippen molar-refractivity contribution in [1.82, 2.24) is 0 Å². The second-order valence-electron chi connectivity index (χ2n) is 6.33. The molecule has 0 aromatic heterocycles. The predicted molar refractivity (Wildman–Crippen MR) is 80.2 cm³/mol. The van der Waals surface area contributed by atoms with E-state index in [-0.39, 0.29) is 17.3 Å². The Morgan fingerprint density at radius 1 is 1.40 bits per heavy atom. The normalized spacial score (nSPS) is 33.2.